The van der Waals surface area contributed by atoms with Gasteiger partial charge in [0.1, 0.15) is 11.4 Å². The van der Waals surface area contributed by atoms with Crippen LogP contribution in [0.25, 0.3) is 67.1 Å². The van der Waals surface area contributed by atoms with Crippen LogP contribution in [0.4, 0.5) is 11.4 Å². The topological polar surface area (TPSA) is 295 Å². The van der Waals surface area contributed by atoms with E-state index in [1.54, 1.807) is 12.1 Å². The normalized spacial score (nSPS) is 11.3. The molecule has 0 saturated heterocycles. The van der Waals surface area contributed by atoms with Crippen LogP contribution in [-0.2, 0) is 0 Å². The predicted molar refractivity (Wildman–Crippen MR) is 258 cm³/mol. The number of nitro benzene ring substituents is 1. The van der Waals surface area contributed by atoms with Gasteiger partial charge < -0.3 is 0 Å². The molecule has 2 heterocycles. The summed E-state index contributed by atoms with van der Waals surface area (Å²) in [5.74, 6) is 2.49. The maximum atomic E-state index is 11.7. The largest absolute Gasteiger partial charge is 0.322 e. The first-order valence-electron chi connectivity index (χ1n) is 22.7. The molecular weight excluding hydrogens is 1020 g/mol. The summed E-state index contributed by atoms with van der Waals surface area (Å²) in [7, 11) is -9.89. The Morgan fingerprint density at radius 3 is 1.17 bits per heavy atom. The van der Waals surface area contributed by atoms with Gasteiger partial charge in [0.25, 0.3) is 17.3 Å². The van der Waals surface area contributed by atoms with E-state index in [0.29, 0.717) is 23.0 Å². The number of halogens is 2. The minimum atomic E-state index is -4.94. The fourth-order valence-corrected chi connectivity index (χ4v) is 8.49. The smallest absolute Gasteiger partial charge is 0.277 e. The summed E-state index contributed by atoms with van der Waals surface area (Å²) in [6, 6.07) is 76.0. The van der Waals surface area contributed by atoms with Gasteiger partial charge in [-0.25, -0.2) is 37.3 Å². The number of para-hydroxylation sites is 2. The maximum Gasteiger partial charge on any atom is 0.322 e. The number of nitro groups is 1. The number of benzene rings is 9. The van der Waals surface area contributed by atoms with Gasteiger partial charge >= 0.3 is 11.6 Å². The standard InChI is InChI=1S/C55H39N9O2.2ClHO4/c65-64(66)46-37-35-43(36-38-46)56-57-51(52-58-62(44-27-9-3-10-28-44)54(41-21-5-1-6-22-41)60(52)49-33-17-25-39-19-13-15-31-47(39)49)53-59-63(45-29-11-4-12-30-45)55(42-23-7-2-8-24-42)61(53)50-34-18-26-40-20-14-16-32-48(40)50;2*2-1(3,4)5/h1-38,56H;2*(H,2,3,4,5)/q+2;;/p-2. The van der Waals surface area contributed by atoms with Crippen molar-refractivity contribution in [1.82, 2.24) is 19.3 Å². The molecule has 2 aromatic heterocycles. The third kappa shape index (κ3) is 12.1. The predicted octanol–water partition coefficient (Wildman–Crippen LogP) is 1.51. The monoisotopic (exact) mass is 1060 g/mol. The first kappa shape index (κ1) is 51.8. The molecule has 21 heteroatoms. The molecule has 11 rings (SSSR count). The lowest BCUT2D eigenvalue weighted by molar-refractivity contribution is -2.00. The minimum absolute atomic E-state index is 0.0319. The summed E-state index contributed by atoms with van der Waals surface area (Å²) in [5, 5.41) is 32.4. The van der Waals surface area contributed by atoms with Crippen LogP contribution in [0.5, 0.6) is 0 Å². The van der Waals surface area contributed by atoms with Gasteiger partial charge in [0.2, 0.25) is 5.71 Å². The molecule has 0 bridgehead atoms. The number of nitrogens with one attached hydrogen (secondary N) is 1. The number of rotatable bonds is 11. The van der Waals surface area contributed by atoms with Gasteiger partial charge in [0.15, 0.2) is 11.4 Å². The molecule has 0 aliphatic heterocycles. The summed E-state index contributed by atoms with van der Waals surface area (Å²) in [5.41, 5.74) is 9.41. The Labute approximate surface area is 436 Å². The van der Waals surface area contributed by atoms with E-state index in [0.717, 1.165) is 67.1 Å². The van der Waals surface area contributed by atoms with Gasteiger partial charge in [0.05, 0.1) is 21.7 Å². The summed E-state index contributed by atoms with van der Waals surface area (Å²) < 4.78 is 76.2. The van der Waals surface area contributed by atoms with Gasteiger partial charge in [-0.05, 0) is 93.8 Å². The molecule has 0 unspecified atom stereocenters. The molecule has 76 heavy (non-hydrogen) atoms. The number of non-ortho nitro benzene ring substituents is 1. The van der Waals surface area contributed by atoms with Crippen molar-refractivity contribution in [3.05, 3.63) is 252 Å². The molecule has 0 amide bonds. The fourth-order valence-electron chi connectivity index (χ4n) is 8.49. The Hall–Kier alpha value is -9.09. The molecular formula is C55H39Cl2N9O10. The zero-order valence-electron chi connectivity index (χ0n) is 39.4. The number of nitrogens with zero attached hydrogens (tertiary/aromatic N) is 8. The van der Waals surface area contributed by atoms with Crippen molar-refractivity contribution in [2.75, 3.05) is 5.43 Å². The van der Waals surface area contributed by atoms with Crippen LogP contribution < -0.4 is 52.1 Å². The third-order valence-electron chi connectivity index (χ3n) is 11.5. The average Bonchev–Trinajstić information content (AvgIpc) is 4.16. The fraction of sp³-hybridized carbons (Fsp3) is 0. The number of hydrogen-bond donors (Lipinski definition) is 1. The quantitative estimate of drug-likeness (QED) is 0.0833. The van der Waals surface area contributed by atoms with Crippen molar-refractivity contribution in [3.8, 4) is 45.5 Å². The summed E-state index contributed by atoms with van der Waals surface area (Å²) >= 11 is 0. The molecule has 0 spiro atoms. The number of fused-ring (bicyclic) bond motifs is 2. The lowest BCUT2D eigenvalue weighted by Gasteiger charge is -2.17. The SMILES string of the molecule is O=[N+]([O-])c1ccc(NN=C(c2n[n+](-c3ccccc3)c(-c3ccccc3)n2-c2cccc3ccccc23)c2n[n+](-c3ccccc3)c(-c3ccccc3)n2-c2cccc3ccccc23)cc1.[O-][Cl+3]([O-])([O-])[O-].[O-][Cl+3]([O-])([O-])[O-]. The molecule has 0 aliphatic carbocycles. The van der Waals surface area contributed by atoms with Crippen LogP contribution in [0.2, 0.25) is 0 Å². The maximum absolute atomic E-state index is 11.7. The van der Waals surface area contributed by atoms with Crippen LogP contribution in [0.3, 0.4) is 0 Å². The first-order chi connectivity index (χ1) is 36.6. The highest BCUT2D eigenvalue weighted by atomic mass is 35.7. The number of anilines is 1. The molecule has 0 radical (unpaired) electrons. The van der Waals surface area contributed by atoms with Gasteiger partial charge in [-0.15, -0.1) is 20.5 Å². The van der Waals surface area contributed by atoms with Crippen molar-refractivity contribution < 1.29 is 72.0 Å². The Balaban J connectivity index is 0.000000648. The third-order valence-corrected chi connectivity index (χ3v) is 11.5. The molecule has 378 valence electrons. The lowest BCUT2D eigenvalue weighted by atomic mass is 10.1. The Kier molecular flexibility index (Phi) is 15.4. The molecule has 0 aliphatic rings. The number of hydrogen-bond acceptors (Lipinski definition) is 14. The highest BCUT2D eigenvalue weighted by Gasteiger charge is 2.41. The number of hydrazone groups is 1. The van der Waals surface area contributed by atoms with E-state index in [9.17, 15) is 10.1 Å². The van der Waals surface area contributed by atoms with Crippen LogP contribution >= 0.6 is 0 Å². The van der Waals surface area contributed by atoms with Crippen LogP contribution in [0, 0.1) is 30.6 Å². The van der Waals surface area contributed by atoms with Crippen LogP contribution in [0.15, 0.2) is 236 Å². The van der Waals surface area contributed by atoms with Gasteiger partial charge in [-0.2, -0.15) is 14.2 Å². The summed E-state index contributed by atoms with van der Waals surface area (Å²) in [4.78, 5) is 11.3. The van der Waals surface area contributed by atoms with E-state index < -0.39 is 25.4 Å². The molecule has 1 N–H and O–H groups in total. The Morgan fingerprint density at radius 2 is 0.789 bits per heavy atom. The molecule has 0 saturated carbocycles. The Bertz CT molecular complexity index is 3580. The van der Waals surface area contributed by atoms with E-state index in [1.807, 2.05) is 131 Å². The Morgan fingerprint density at radius 1 is 0.447 bits per heavy atom. The average molecular weight is 1060 g/mol. The van der Waals surface area contributed by atoms with Crippen molar-refractivity contribution in [3.63, 3.8) is 0 Å². The van der Waals surface area contributed by atoms with E-state index in [4.69, 9.17) is 52.6 Å². The molecule has 11 aromatic rings. The molecule has 9 aromatic carbocycles. The lowest BCUT2D eigenvalue weighted by Crippen LogP contribution is -2.68. The van der Waals surface area contributed by atoms with E-state index in [1.165, 1.54) is 12.1 Å². The van der Waals surface area contributed by atoms with Gasteiger partial charge in [-0.1, -0.05) is 155 Å². The van der Waals surface area contributed by atoms with Crippen molar-refractivity contribution in [2.45, 2.75) is 0 Å². The van der Waals surface area contributed by atoms with Crippen molar-refractivity contribution in [1.29, 1.82) is 0 Å². The second-order valence-corrected chi connectivity index (χ2v) is 17.8. The van der Waals surface area contributed by atoms with E-state index in [-0.39, 0.29) is 5.69 Å². The molecule has 19 nitrogen and oxygen atoms in total. The van der Waals surface area contributed by atoms with Gasteiger partial charge in [0, 0.05) is 22.9 Å². The van der Waals surface area contributed by atoms with Crippen LogP contribution in [-0.4, -0.2) is 30.0 Å². The van der Waals surface area contributed by atoms with Gasteiger partial charge in [-0.3, -0.25) is 15.5 Å². The second-order valence-electron chi connectivity index (χ2n) is 16.3. The van der Waals surface area contributed by atoms with E-state index in [2.05, 4.69) is 99.5 Å². The van der Waals surface area contributed by atoms with Crippen molar-refractivity contribution in [2.24, 2.45) is 5.10 Å². The summed E-state index contributed by atoms with van der Waals surface area (Å²) in [6.45, 7) is 0. The zero-order chi connectivity index (χ0) is 53.4. The zero-order valence-corrected chi connectivity index (χ0v) is 40.9. The summed E-state index contributed by atoms with van der Waals surface area (Å²) in [6.07, 6.45) is 0. The second kappa shape index (κ2) is 22.6. The van der Waals surface area contributed by atoms with Crippen LogP contribution in [0.1, 0.15) is 11.6 Å². The van der Waals surface area contributed by atoms with Crippen molar-refractivity contribution >= 4 is 38.6 Å². The minimum Gasteiger partial charge on any atom is -0.277 e. The first-order valence-corrected chi connectivity index (χ1v) is 25.2. The van der Waals surface area contributed by atoms with E-state index >= 15 is 0 Å². The highest BCUT2D eigenvalue weighted by molar-refractivity contribution is 6.11. The number of aromatic nitrogens is 6. The molecule has 0 fully saturated rings. The highest BCUT2D eigenvalue weighted by Crippen LogP contribution is 2.33. The molecule has 0 atom stereocenters.